The molecule has 0 radical (unpaired) electrons. The van der Waals surface area contributed by atoms with Crippen LogP contribution >= 0.6 is 0 Å². The standard InChI is InChI=1S/C24H22F2N6O2/c1-30-21-17-9-14(6-8-20(17)29-22(27)18(21)11-28-30)24(34)32(31(2)23(33)13-3-4-13)12-15-5-7-16(25)10-19(15)26/h5-11,13H,3-4,12H2,1-2H3,(H2,27,29). The molecular formula is C24H22F2N6O2. The number of benzene rings is 2. The van der Waals surface area contributed by atoms with Crippen molar-refractivity contribution in [1.82, 2.24) is 24.8 Å². The molecule has 1 saturated carbocycles. The first-order valence-corrected chi connectivity index (χ1v) is 10.8. The van der Waals surface area contributed by atoms with Crippen LogP contribution in [0.4, 0.5) is 14.6 Å². The predicted octanol–water partition coefficient (Wildman–Crippen LogP) is 3.41. The molecule has 5 rings (SSSR count). The number of amides is 2. The smallest absolute Gasteiger partial charge is 0.272 e. The molecule has 2 N–H and O–H groups in total. The van der Waals surface area contributed by atoms with Gasteiger partial charge in [0.15, 0.2) is 0 Å². The highest BCUT2D eigenvalue weighted by Gasteiger charge is 2.36. The van der Waals surface area contributed by atoms with Crippen LogP contribution < -0.4 is 5.73 Å². The van der Waals surface area contributed by atoms with Crippen molar-refractivity contribution < 1.29 is 18.4 Å². The highest BCUT2D eigenvalue weighted by atomic mass is 19.1. The monoisotopic (exact) mass is 464 g/mol. The number of carbonyl (C=O) groups excluding carboxylic acids is 2. The van der Waals surface area contributed by atoms with Crippen LogP contribution in [0.15, 0.2) is 42.6 Å². The lowest BCUT2D eigenvalue weighted by atomic mass is 10.1. The molecule has 0 unspecified atom stereocenters. The van der Waals surface area contributed by atoms with Crippen molar-refractivity contribution in [3.05, 3.63) is 65.4 Å². The molecule has 10 heteroatoms. The van der Waals surface area contributed by atoms with Crippen molar-refractivity contribution in [2.75, 3.05) is 12.8 Å². The van der Waals surface area contributed by atoms with Crippen LogP contribution in [0.25, 0.3) is 21.8 Å². The molecule has 1 aliphatic rings. The second-order valence-electron chi connectivity index (χ2n) is 8.49. The van der Waals surface area contributed by atoms with E-state index in [0.717, 1.165) is 30.5 Å². The van der Waals surface area contributed by atoms with Crippen molar-refractivity contribution in [2.45, 2.75) is 19.4 Å². The molecule has 2 aromatic carbocycles. The van der Waals surface area contributed by atoms with E-state index in [2.05, 4.69) is 10.1 Å². The van der Waals surface area contributed by atoms with Gasteiger partial charge in [-0.3, -0.25) is 19.3 Å². The maximum absolute atomic E-state index is 14.4. The van der Waals surface area contributed by atoms with Crippen LogP contribution in [-0.4, -0.2) is 43.6 Å². The van der Waals surface area contributed by atoms with E-state index >= 15 is 0 Å². The second-order valence-corrected chi connectivity index (χ2v) is 8.49. The van der Waals surface area contributed by atoms with Gasteiger partial charge in [-0.1, -0.05) is 6.07 Å². The van der Waals surface area contributed by atoms with Gasteiger partial charge in [-0.15, -0.1) is 0 Å². The Hall–Kier alpha value is -4.08. The van der Waals surface area contributed by atoms with E-state index in [1.807, 2.05) is 0 Å². The Morgan fingerprint density at radius 2 is 1.91 bits per heavy atom. The number of pyridine rings is 1. The number of nitrogen functional groups attached to an aromatic ring is 1. The Morgan fingerprint density at radius 1 is 1.15 bits per heavy atom. The predicted molar refractivity (Wildman–Crippen MR) is 122 cm³/mol. The summed E-state index contributed by atoms with van der Waals surface area (Å²) < 4.78 is 29.5. The molecule has 8 nitrogen and oxygen atoms in total. The minimum atomic E-state index is -0.792. The third kappa shape index (κ3) is 3.70. The number of fused-ring (bicyclic) bond motifs is 3. The molecule has 2 amide bonds. The minimum absolute atomic E-state index is 0.0921. The highest BCUT2D eigenvalue weighted by molar-refractivity contribution is 6.10. The number of hydrogen-bond acceptors (Lipinski definition) is 5. The quantitative estimate of drug-likeness (QED) is 0.467. The van der Waals surface area contributed by atoms with Crippen LogP contribution in [0.3, 0.4) is 0 Å². The van der Waals surface area contributed by atoms with Gasteiger partial charge in [-0.2, -0.15) is 5.10 Å². The van der Waals surface area contributed by atoms with Gasteiger partial charge in [0.1, 0.15) is 17.5 Å². The van der Waals surface area contributed by atoms with E-state index in [-0.39, 0.29) is 29.5 Å². The zero-order chi connectivity index (χ0) is 24.1. The number of nitrogens with two attached hydrogens (primary N) is 1. The molecule has 0 saturated heterocycles. The number of carbonyl (C=O) groups is 2. The largest absolute Gasteiger partial charge is 0.383 e. The summed E-state index contributed by atoms with van der Waals surface area (Å²) in [7, 11) is 3.25. The van der Waals surface area contributed by atoms with Gasteiger partial charge in [0, 0.05) is 42.6 Å². The zero-order valence-electron chi connectivity index (χ0n) is 18.6. The molecule has 2 aromatic heterocycles. The first-order chi connectivity index (χ1) is 16.2. The SMILES string of the molecule is CN(C(=O)C1CC1)N(Cc1ccc(F)cc1F)C(=O)c1ccc2nc(N)c3cnn(C)c3c2c1. The normalized spacial score (nSPS) is 13.4. The van der Waals surface area contributed by atoms with Gasteiger partial charge in [0.2, 0.25) is 5.91 Å². The van der Waals surface area contributed by atoms with Crippen molar-refractivity contribution in [3.63, 3.8) is 0 Å². The molecule has 1 fully saturated rings. The number of aromatic nitrogens is 3. The topological polar surface area (TPSA) is 97.3 Å². The average Bonchev–Trinajstić information content (AvgIpc) is 3.59. The lowest BCUT2D eigenvalue weighted by molar-refractivity contribution is -0.144. The number of nitrogens with zero attached hydrogens (tertiary/aromatic N) is 5. The Labute approximate surface area is 193 Å². The van der Waals surface area contributed by atoms with E-state index in [1.54, 1.807) is 36.1 Å². The third-order valence-corrected chi connectivity index (χ3v) is 6.13. The van der Waals surface area contributed by atoms with Crippen LogP contribution in [-0.2, 0) is 18.4 Å². The highest BCUT2D eigenvalue weighted by Crippen LogP contribution is 2.32. The molecule has 0 atom stereocenters. The lowest BCUT2D eigenvalue weighted by Crippen LogP contribution is -2.47. The molecule has 34 heavy (non-hydrogen) atoms. The van der Waals surface area contributed by atoms with Gasteiger partial charge >= 0.3 is 0 Å². The van der Waals surface area contributed by atoms with Gasteiger partial charge in [0.25, 0.3) is 5.91 Å². The number of aryl methyl sites for hydroxylation is 1. The van der Waals surface area contributed by atoms with E-state index in [9.17, 15) is 18.4 Å². The Kier molecular flexibility index (Phi) is 5.15. The molecule has 4 aromatic rings. The number of halogens is 2. The summed E-state index contributed by atoms with van der Waals surface area (Å²) in [5, 5.41) is 7.98. The van der Waals surface area contributed by atoms with Crippen LogP contribution in [0.2, 0.25) is 0 Å². The van der Waals surface area contributed by atoms with Crippen molar-refractivity contribution in [2.24, 2.45) is 13.0 Å². The Balaban J connectivity index is 1.58. The Morgan fingerprint density at radius 3 is 2.62 bits per heavy atom. The summed E-state index contributed by atoms with van der Waals surface area (Å²) in [6, 6.07) is 8.07. The molecule has 0 spiro atoms. The van der Waals surface area contributed by atoms with Crippen molar-refractivity contribution >= 4 is 39.4 Å². The Bertz CT molecular complexity index is 1460. The first kappa shape index (κ1) is 21.7. The summed E-state index contributed by atoms with van der Waals surface area (Å²) in [5.74, 6) is -2.06. The number of rotatable bonds is 4. The van der Waals surface area contributed by atoms with E-state index < -0.39 is 17.5 Å². The fourth-order valence-corrected chi connectivity index (χ4v) is 4.08. The first-order valence-electron chi connectivity index (χ1n) is 10.8. The number of anilines is 1. The van der Waals surface area contributed by atoms with Gasteiger partial charge in [0.05, 0.1) is 29.2 Å². The fourth-order valence-electron chi connectivity index (χ4n) is 4.08. The summed E-state index contributed by atoms with van der Waals surface area (Å²) >= 11 is 0. The van der Waals surface area contributed by atoms with E-state index in [4.69, 9.17) is 5.73 Å². The maximum atomic E-state index is 14.4. The van der Waals surface area contributed by atoms with Crippen LogP contribution in [0.5, 0.6) is 0 Å². The van der Waals surface area contributed by atoms with E-state index in [1.165, 1.54) is 23.1 Å². The molecule has 0 bridgehead atoms. The third-order valence-electron chi connectivity index (χ3n) is 6.13. The summed E-state index contributed by atoms with van der Waals surface area (Å²) in [6.07, 6.45) is 3.10. The molecule has 2 heterocycles. The fraction of sp³-hybridized carbons (Fsp3) is 0.250. The minimum Gasteiger partial charge on any atom is -0.383 e. The van der Waals surface area contributed by atoms with Gasteiger partial charge in [-0.05, 0) is 37.1 Å². The molecule has 174 valence electrons. The second kappa shape index (κ2) is 8.05. The molecule has 0 aliphatic heterocycles. The van der Waals surface area contributed by atoms with E-state index in [0.29, 0.717) is 22.1 Å². The number of hydrazine groups is 1. The zero-order valence-corrected chi connectivity index (χ0v) is 18.6. The molecular weight excluding hydrogens is 442 g/mol. The van der Waals surface area contributed by atoms with Crippen molar-refractivity contribution in [1.29, 1.82) is 0 Å². The average molecular weight is 464 g/mol. The van der Waals surface area contributed by atoms with Crippen LogP contribution in [0.1, 0.15) is 28.8 Å². The summed E-state index contributed by atoms with van der Waals surface area (Å²) in [6.45, 7) is -0.237. The molecule has 1 aliphatic carbocycles. The van der Waals surface area contributed by atoms with Crippen LogP contribution in [0, 0.1) is 17.6 Å². The summed E-state index contributed by atoms with van der Waals surface area (Å²) in [4.78, 5) is 30.8. The lowest BCUT2D eigenvalue weighted by Gasteiger charge is -2.32. The maximum Gasteiger partial charge on any atom is 0.272 e. The number of hydrogen-bond donors (Lipinski definition) is 1. The summed E-state index contributed by atoms with van der Waals surface area (Å²) in [5.41, 5.74) is 7.73. The van der Waals surface area contributed by atoms with Gasteiger partial charge < -0.3 is 5.73 Å². The van der Waals surface area contributed by atoms with Crippen molar-refractivity contribution in [3.8, 4) is 0 Å². The van der Waals surface area contributed by atoms with Gasteiger partial charge in [-0.25, -0.2) is 18.8 Å².